The van der Waals surface area contributed by atoms with Crippen LogP contribution in [0.15, 0.2) is 220 Å². The molecule has 4 aromatic heterocycles. The van der Waals surface area contributed by atoms with E-state index in [1.54, 1.807) is 100 Å². The van der Waals surface area contributed by atoms with Gasteiger partial charge >= 0.3 is 401 Å². The number of hydrogen-bond acceptors (Lipinski definition) is 13. The molecule has 0 spiro atoms. The van der Waals surface area contributed by atoms with Gasteiger partial charge in [0.05, 0.1) is 37.6 Å². The van der Waals surface area contributed by atoms with E-state index in [2.05, 4.69) is 207 Å². The number of aromatic nitrogens is 12. The zero-order chi connectivity index (χ0) is 80.5. The van der Waals surface area contributed by atoms with E-state index in [4.69, 9.17) is 32.1 Å². The van der Waals surface area contributed by atoms with Crippen LogP contribution in [0.1, 0.15) is 162 Å². The molecular formula is C86H111BrFKN20OSn2. The van der Waals surface area contributed by atoms with Crippen molar-refractivity contribution >= 4 is 99.7 Å². The topological polar surface area (TPSA) is 208 Å². The van der Waals surface area contributed by atoms with E-state index >= 15 is 0 Å². The first-order valence-corrected chi connectivity index (χ1v) is 54.4. The molecule has 0 bridgehead atoms. The predicted molar refractivity (Wildman–Crippen MR) is 459 cm³/mol. The number of nitrogen functional groups attached to an aromatic ring is 1. The zero-order valence-electron chi connectivity index (χ0n) is 67.4. The van der Waals surface area contributed by atoms with Crippen LogP contribution < -0.4 is 84.9 Å². The molecular weight excluding hydrogens is 1700 g/mol. The number of anilines is 3. The number of hydrogen-bond donors (Lipinski definition) is 2. The van der Waals surface area contributed by atoms with Crippen molar-refractivity contribution in [2.24, 2.45) is 0 Å². The van der Waals surface area contributed by atoms with Gasteiger partial charge in [-0.3, -0.25) is 10.4 Å². The SMILES string of the molecule is CC(C)(C)[O-].CCC[CH2][Sn]([CH2]CCC)([CH2]CCC)[c]1ccc(CBr)cc1.Nn1cncn1.[C-]#[N+]c1ccc(F)cc1.[C-]#[N+]c1ccc(N(Cc2cc[c]([Sn]([CH2]CCC)([CH2]CCC)[CH2]CCC)cc2)n2cncn2)cc1.[C-]#[N+]c1ccc(N(Cc2ccc([11CH3])cc2)n2cncn2)cc1.[C-]#[N+]c1ccc(Nn2cncn2)cc1.[K+]. The van der Waals surface area contributed by atoms with E-state index < -0.39 is 42.4 Å². The summed E-state index contributed by atoms with van der Waals surface area (Å²) < 4.78 is 24.8. The molecule has 11 aromatic rings. The van der Waals surface area contributed by atoms with Gasteiger partial charge < -0.3 is 17.5 Å². The summed E-state index contributed by atoms with van der Waals surface area (Å²) in [5.74, 6) is 4.72. The monoisotopic (exact) mass is 1820 g/mol. The van der Waals surface area contributed by atoms with Gasteiger partial charge in [-0.25, -0.2) is 33.9 Å². The van der Waals surface area contributed by atoms with Gasteiger partial charge in [-0.15, -0.1) is 20.9 Å². The number of nitrogens with zero attached hydrogens (tertiary/aromatic N) is 18. The Kier molecular flexibility index (Phi) is 46.9. The van der Waals surface area contributed by atoms with Crippen LogP contribution >= 0.6 is 15.9 Å². The van der Waals surface area contributed by atoms with Crippen LogP contribution in [0.25, 0.3) is 19.4 Å². The van der Waals surface area contributed by atoms with Crippen molar-refractivity contribution in [3.8, 4) is 0 Å². The molecule has 0 saturated heterocycles. The minimum atomic E-state index is -2.41. The number of rotatable bonds is 31. The molecule has 0 amide bonds. The maximum Gasteiger partial charge on any atom is 1.00 e. The number of halogens is 2. The Morgan fingerprint density at radius 1 is 0.446 bits per heavy atom. The Morgan fingerprint density at radius 2 is 0.759 bits per heavy atom. The van der Waals surface area contributed by atoms with Crippen molar-refractivity contribution < 1.29 is 60.9 Å². The maximum absolute atomic E-state index is 12.1. The van der Waals surface area contributed by atoms with E-state index in [0.717, 1.165) is 27.2 Å². The molecule has 584 valence electrons. The van der Waals surface area contributed by atoms with Crippen LogP contribution in [0.5, 0.6) is 0 Å². The normalized spacial score (nSPS) is 10.5. The minimum absolute atomic E-state index is 0. The van der Waals surface area contributed by atoms with Crippen molar-refractivity contribution in [2.45, 2.75) is 197 Å². The van der Waals surface area contributed by atoms with Crippen LogP contribution in [-0.4, -0.2) is 102 Å². The van der Waals surface area contributed by atoms with E-state index in [9.17, 15) is 9.50 Å². The van der Waals surface area contributed by atoms with E-state index in [0.29, 0.717) is 35.8 Å². The summed E-state index contributed by atoms with van der Waals surface area (Å²) in [4.78, 5) is 34.9. The zero-order valence-corrected chi connectivity index (χ0v) is 77.8. The number of unbranched alkanes of at least 4 members (excludes halogenated alkanes) is 6. The van der Waals surface area contributed by atoms with Crippen LogP contribution in [-0.2, 0) is 18.4 Å². The summed E-state index contributed by atoms with van der Waals surface area (Å²) in [7, 11) is 0. The van der Waals surface area contributed by atoms with Crippen molar-refractivity contribution in [1.82, 2.24) is 59.5 Å². The van der Waals surface area contributed by atoms with Gasteiger partial charge in [-0.1, -0.05) is 87.0 Å². The second-order valence-corrected chi connectivity index (χ2v) is 54.9. The van der Waals surface area contributed by atoms with Crippen LogP contribution in [0.3, 0.4) is 0 Å². The van der Waals surface area contributed by atoms with Gasteiger partial charge in [0.1, 0.15) is 43.8 Å². The van der Waals surface area contributed by atoms with Crippen LogP contribution in [0.2, 0.25) is 26.6 Å². The molecule has 26 heteroatoms. The molecule has 0 radical (unpaired) electrons. The van der Waals surface area contributed by atoms with Gasteiger partial charge in [0, 0.05) is 0 Å². The van der Waals surface area contributed by atoms with Gasteiger partial charge in [0.15, 0.2) is 17.1 Å². The van der Waals surface area contributed by atoms with Gasteiger partial charge in [-0.05, 0) is 48.9 Å². The quantitative estimate of drug-likeness (QED) is 0.0180. The van der Waals surface area contributed by atoms with Gasteiger partial charge in [0.2, 0.25) is 0 Å². The Hall–Kier alpha value is -8.14. The Bertz CT molecular complexity index is 4370. The summed E-state index contributed by atoms with van der Waals surface area (Å²) in [6, 6.07) is 55.4. The van der Waals surface area contributed by atoms with Gasteiger partial charge in [0.25, 0.3) is 0 Å². The fourth-order valence-corrected chi connectivity index (χ4v) is 44.2. The third kappa shape index (κ3) is 35.9. The average Bonchev–Trinajstić information content (AvgIpc) is 0.854. The third-order valence-corrected chi connectivity index (χ3v) is 50.0. The summed E-state index contributed by atoms with van der Waals surface area (Å²) in [6.45, 7) is 50.0. The van der Waals surface area contributed by atoms with E-state index in [-0.39, 0.29) is 57.2 Å². The molecule has 0 saturated carbocycles. The maximum atomic E-state index is 12.1. The van der Waals surface area contributed by atoms with Crippen molar-refractivity contribution in [3.63, 3.8) is 0 Å². The van der Waals surface area contributed by atoms with E-state index in [1.165, 1.54) is 167 Å². The Balaban J connectivity index is 0.000000297. The molecule has 11 rings (SSSR count). The number of benzene rings is 7. The third-order valence-electron chi connectivity index (χ3n) is 18.0. The number of nitrogens with two attached hydrogens (primary N) is 1. The first-order chi connectivity index (χ1) is 53.7. The molecule has 0 atom stereocenters. The first kappa shape index (κ1) is 96.2. The Labute approximate surface area is 724 Å². The summed E-state index contributed by atoms with van der Waals surface area (Å²) >= 11 is -0.995. The first-order valence-electron chi connectivity index (χ1n) is 38.3. The van der Waals surface area contributed by atoms with Crippen LogP contribution in [0.4, 0.5) is 44.2 Å². The second-order valence-electron chi connectivity index (χ2n) is 27.9. The molecule has 0 aliphatic rings. The van der Waals surface area contributed by atoms with Crippen LogP contribution in [0, 0.1) is 39.0 Å². The Morgan fingerprint density at radius 3 is 1.04 bits per heavy atom. The molecule has 0 aliphatic carbocycles. The fraction of sp³-hybridized carbons (Fsp3) is 0.372. The molecule has 0 aliphatic heterocycles. The molecule has 0 unspecified atom stereocenters. The van der Waals surface area contributed by atoms with Crippen molar-refractivity contribution in [1.29, 1.82) is 0 Å². The number of alkyl halides is 1. The summed E-state index contributed by atoms with van der Waals surface area (Å²) in [6.07, 6.45) is 28.7. The van der Waals surface area contributed by atoms with Crippen molar-refractivity contribution in [2.75, 3.05) is 21.3 Å². The molecule has 7 aromatic carbocycles. The fourth-order valence-electron chi connectivity index (χ4n) is 12.0. The van der Waals surface area contributed by atoms with E-state index in [1.807, 2.05) is 53.5 Å². The molecule has 112 heavy (non-hydrogen) atoms. The molecule has 21 nitrogen and oxygen atoms in total. The average molecular weight is 1820 g/mol. The second kappa shape index (κ2) is 54.6. The standard InChI is InChI=1S/C17H15N5.C16H12N5.C9H7N5.C7H6Br.C7H4FN.C4H9O.6C4H9.C2H4N4.K.2Sn/c1-14-3-5-15(6-4-14)11-21(22-13-19-12-20-22)17-9-7-16(18-2)8-10-17;1-17-15-7-9-16(10-8-15)20(21-13-18-12-19-21)11-14-5-3-2-4-6-14;1-10-8-2-4-9(5-3-8)13-14-7-11-6-12-14;8-6-7-4-2-1-3-5-7;1-9-7-4-2-6(8)3-5-7;1-4(2,3)5;6*1-3-4-2;3-6-2-4-1-5-6;;;/h3-10,12-13H,11H2,1H3;3-10,12-13H,11H2;2-7,13H;2-5H,6H2;2-5H;1-3H3;6*1,3-4H2,2H3;1-2H,3H2;;;/q;;;;;-1;;;;;;;;+1;;/i1-1;;;;;;;;;;;;;;;. The summed E-state index contributed by atoms with van der Waals surface area (Å²) in [5.41, 5.74) is 12.5. The largest absolute Gasteiger partial charge is 1.00 e. The summed E-state index contributed by atoms with van der Waals surface area (Å²) in [5, 5.41) is 31.2. The van der Waals surface area contributed by atoms with Gasteiger partial charge in [-0.2, -0.15) is 14.4 Å². The molecule has 0 fully saturated rings. The minimum Gasteiger partial charge on any atom is -0.277 e. The molecule has 4 heterocycles. The number of aryl methyl sites for hydroxylation is 1. The van der Waals surface area contributed by atoms with Crippen molar-refractivity contribution in [3.05, 3.63) is 294 Å². The number of nitrogens with one attached hydrogen (secondary N) is 1. The predicted octanol–water partition coefficient (Wildman–Crippen LogP) is 17.8. The smallest absolute Gasteiger partial charge is 0.277 e. The molecule has 3 N–H and O–H groups in total.